The number of aromatic nitrogens is 2. The molecule has 2 heterocycles. The van der Waals surface area contributed by atoms with Gasteiger partial charge in [0.25, 0.3) is 0 Å². The lowest BCUT2D eigenvalue weighted by Crippen LogP contribution is -2.36. The van der Waals surface area contributed by atoms with Crippen molar-refractivity contribution in [2.24, 2.45) is 7.05 Å². The normalized spacial score (nSPS) is 16.0. The van der Waals surface area contributed by atoms with Crippen molar-refractivity contribution in [1.29, 1.82) is 0 Å². The van der Waals surface area contributed by atoms with Gasteiger partial charge < -0.3 is 0 Å². The van der Waals surface area contributed by atoms with E-state index in [0.717, 1.165) is 15.9 Å². The van der Waals surface area contributed by atoms with Crippen molar-refractivity contribution in [3.63, 3.8) is 0 Å². The van der Waals surface area contributed by atoms with Crippen LogP contribution in [0.4, 0.5) is 0 Å². The maximum atomic E-state index is 12.7. The van der Waals surface area contributed by atoms with E-state index in [2.05, 4.69) is 21.0 Å². The molecule has 21 heavy (non-hydrogen) atoms. The molecule has 0 fully saturated rings. The molecular formula is C14H16BrN3O2S. The molecule has 1 aliphatic rings. The van der Waals surface area contributed by atoms with Crippen LogP contribution in [0.15, 0.2) is 33.6 Å². The van der Waals surface area contributed by atoms with Gasteiger partial charge in [0.1, 0.15) is 0 Å². The van der Waals surface area contributed by atoms with Crippen LogP contribution in [0.5, 0.6) is 0 Å². The SMILES string of the molecule is Cc1nn(C)c2c1CCN(S(=O)(=O)c1ccc(Br)cc1)C2. The van der Waals surface area contributed by atoms with Gasteiger partial charge in [-0.3, -0.25) is 4.68 Å². The molecule has 1 aromatic carbocycles. The number of hydrogen-bond donors (Lipinski definition) is 0. The van der Waals surface area contributed by atoms with Gasteiger partial charge in [-0.2, -0.15) is 9.40 Å². The lowest BCUT2D eigenvalue weighted by molar-refractivity contribution is 0.379. The number of fused-ring (bicyclic) bond motifs is 1. The molecule has 1 aliphatic heterocycles. The van der Waals surface area contributed by atoms with Crippen LogP contribution in [0.3, 0.4) is 0 Å². The van der Waals surface area contributed by atoms with Gasteiger partial charge >= 0.3 is 0 Å². The number of halogens is 1. The number of nitrogens with zero attached hydrogens (tertiary/aromatic N) is 3. The highest BCUT2D eigenvalue weighted by atomic mass is 79.9. The molecule has 0 amide bonds. The van der Waals surface area contributed by atoms with Gasteiger partial charge in [0, 0.05) is 18.1 Å². The highest BCUT2D eigenvalue weighted by Gasteiger charge is 2.30. The maximum absolute atomic E-state index is 12.7. The summed E-state index contributed by atoms with van der Waals surface area (Å²) in [7, 11) is -1.59. The maximum Gasteiger partial charge on any atom is 0.243 e. The van der Waals surface area contributed by atoms with Crippen molar-refractivity contribution >= 4 is 26.0 Å². The highest BCUT2D eigenvalue weighted by molar-refractivity contribution is 9.10. The van der Waals surface area contributed by atoms with Crippen LogP contribution in [0.1, 0.15) is 17.0 Å². The van der Waals surface area contributed by atoms with Crippen molar-refractivity contribution in [2.75, 3.05) is 6.54 Å². The van der Waals surface area contributed by atoms with Gasteiger partial charge in [-0.15, -0.1) is 0 Å². The third-order valence-electron chi connectivity index (χ3n) is 3.86. The zero-order chi connectivity index (χ0) is 15.2. The van der Waals surface area contributed by atoms with Crippen molar-refractivity contribution in [3.8, 4) is 0 Å². The van der Waals surface area contributed by atoms with E-state index in [4.69, 9.17) is 0 Å². The summed E-state index contributed by atoms with van der Waals surface area (Å²) in [5.41, 5.74) is 3.16. The van der Waals surface area contributed by atoms with Crippen LogP contribution >= 0.6 is 15.9 Å². The fourth-order valence-corrected chi connectivity index (χ4v) is 4.38. The van der Waals surface area contributed by atoms with Gasteiger partial charge in [0.15, 0.2) is 0 Å². The third kappa shape index (κ3) is 2.54. The Kier molecular flexibility index (Phi) is 3.67. The van der Waals surface area contributed by atoms with Crippen LogP contribution in [-0.4, -0.2) is 29.0 Å². The van der Waals surface area contributed by atoms with Crippen LogP contribution in [0, 0.1) is 6.92 Å². The Labute approximate surface area is 132 Å². The summed E-state index contributed by atoms with van der Waals surface area (Å²) >= 11 is 3.32. The van der Waals surface area contributed by atoms with E-state index in [1.54, 1.807) is 28.9 Å². The Hall–Kier alpha value is -1.18. The Morgan fingerprint density at radius 1 is 1.24 bits per heavy atom. The van der Waals surface area contributed by atoms with Crippen LogP contribution in [0.25, 0.3) is 0 Å². The first-order valence-electron chi connectivity index (χ1n) is 6.66. The topological polar surface area (TPSA) is 55.2 Å². The second kappa shape index (κ2) is 5.23. The molecular weight excluding hydrogens is 354 g/mol. The summed E-state index contributed by atoms with van der Waals surface area (Å²) in [5, 5.41) is 4.38. The molecule has 0 N–H and O–H groups in total. The fraction of sp³-hybridized carbons (Fsp3) is 0.357. The number of rotatable bonds is 2. The van der Waals surface area contributed by atoms with Gasteiger partial charge in [-0.1, -0.05) is 15.9 Å². The largest absolute Gasteiger partial charge is 0.271 e. The molecule has 0 aliphatic carbocycles. The standard InChI is InChI=1S/C14H16BrN3O2S/c1-10-13-7-8-18(9-14(13)17(2)16-10)21(19,20)12-5-3-11(15)4-6-12/h3-6H,7-9H2,1-2H3. The van der Waals surface area contributed by atoms with Crippen LogP contribution < -0.4 is 0 Å². The summed E-state index contributed by atoms with van der Waals surface area (Å²) in [4.78, 5) is 0.327. The van der Waals surface area contributed by atoms with Crippen molar-refractivity contribution in [3.05, 3.63) is 45.7 Å². The van der Waals surface area contributed by atoms with E-state index in [1.165, 1.54) is 9.87 Å². The Morgan fingerprint density at radius 2 is 1.90 bits per heavy atom. The van der Waals surface area contributed by atoms with Crippen molar-refractivity contribution < 1.29 is 8.42 Å². The summed E-state index contributed by atoms with van der Waals surface area (Å²) < 4.78 is 29.6. The molecule has 112 valence electrons. The molecule has 2 aromatic rings. The average Bonchev–Trinajstić information content (AvgIpc) is 2.74. The monoisotopic (exact) mass is 369 g/mol. The summed E-state index contributed by atoms with van der Waals surface area (Å²) in [6.07, 6.45) is 0.713. The zero-order valence-corrected chi connectivity index (χ0v) is 14.3. The number of hydrogen-bond acceptors (Lipinski definition) is 3. The van der Waals surface area contributed by atoms with E-state index < -0.39 is 10.0 Å². The molecule has 0 spiro atoms. The molecule has 0 saturated heterocycles. The minimum absolute atomic E-state index is 0.327. The van der Waals surface area contributed by atoms with Crippen molar-refractivity contribution in [2.45, 2.75) is 24.8 Å². The minimum atomic E-state index is -3.46. The minimum Gasteiger partial charge on any atom is -0.271 e. The zero-order valence-electron chi connectivity index (χ0n) is 11.9. The van der Waals surface area contributed by atoms with Gasteiger partial charge in [-0.25, -0.2) is 8.42 Å². The highest BCUT2D eigenvalue weighted by Crippen LogP contribution is 2.26. The first-order chi connectivity index (χ1) is 9.89. The van der Waals surface area contributed by atoms with Gasteiger partial charge in [0.05, 0.1) is 22.8 Å². The lowest BCUT2D eigenvalue weighted by atomic mass is 10.1. The number of sulfonamides is 1. The number of aryl methyl sites for hydroxylation is 2. The quantitative estimate of drug-likeness (QED) is 0.815. The molecule has 0 bridgehead atoms. The first kappa shape index (κ1) is 14.7. The summed E-state index contributed by atoms with van der Waals surface area (Å²) in [5.74, 6) is 0. The van der Waals surface area contributed by atoms with Crippen LogP contribution in [0.2, 0.25) is 0 Å². The van der Waals surface area contributed by atoms with Crippen LogP contribution in [-0.2, 0) is 30.0 Å². The van der Waals surface area contributed by atoms with E-state index in [-0.39, 0.29) is 0 Å². The van der Waals surface area contributed by atoms with Gasteiger partial charge in [0.2, 0.25) is 10.0 Å². The predicted molar refractivity (Wildman–Crippen MR) is 83.4 cm³/mol. The molecule has 5 nitrogen and oxygen atoms in total. The Morgan fingerprint density at radius 3 is 2.57 bits per heavy atom. The average molecular weight is 370 g/mol. The Balaban J connectivity index is 1.95. The number of benzene rings is 1. The van der Waals surface area contributed by atoms with Gasteiger partial charge in [-0.05, 0) is 43.2 Å². The Bertz CT molecular complexity index is 781. The van der Waals surface area contributed by atoms with E-state index in [9.17, 15) is 8.42 Å². The third-order valence-corrected chi connectivity index (χ3v) is 6.25. The fourth-order valence-electron chi connectivity index (χ4n) is 2.72. The predicted octanol–water partition coefficient (Wildman–Crippen LogP) is 2.24. The van der Waals surface area contributed by atoms with E-state index in [0.29, 0.717) is 24.4 Å². The molecule has 1 aromatic heterocycles. The molecule has 3 rings (SSSR count). The lowest BCUT2D eigenvalue weighted by Gasteiger charge is -2.26. The molecule has 0 radical (unpaired) electrons. The molecule has 7 heteroatoms. The first-order valence-corrected chi connectivity index (χ1v) is 8.90. The smallest absolute Gasteiger partial charge is 0.243 e. The summed E-state index contributed by atoms with van der Waals surface area (Å²) in [6.45, 7) is 2.85. The van der Waals surface area contributed by atoms with Crippen molar-refractivity contribution in [1.82, 2.24) is 14.1 Å². The van der Waals surface area contributed by atoms with E-state index >= 15 is 0 Å². The second-order valence-electron chi connectivity index (χ2n) is 5.18. The second-order valence-corrected chi connectivity index (χ2v) is 8.03. The summed E-state index contributed by atoms with van der Waals surface area (Å²) in [6, 6.07) is 6.75. The van der Waals surface area contributed by atoms with E-state index in [1.807, 2.05) is 14.0 Å². The molecule has 0 unspecified atom stereocenters. The molecule has 0 atom stereocenters. The molecule has 0 saturated carbocycles.